The molecule has 106 valence electrons. The summed E-state index contributed by atoms with van der Waals surface area (Å²) in [6, 6.07) is 3.42. The lowest BCUT2D eigenvalue weighted by molar-refractivity contribution is -0.137. The first-order valence-electron chi connectivity index (χ1n) is 5.91. The Bertz CT molecular complexity index is 456. The van der Waals surface area contributed by atoms with Gasteiger partial charge in [-0.25, -0.2) is 0 Å². The maximum Gasteiger partial charge on any atom is 0.416 e. The van der Waals surface area contributed by atoms with E-state index in [-0.39, 0.29) is 24.2 Å². The Kier molecular flexibility index (Phi) is 4.94. The first kappa shape index (κ1) is 15.5. The number of rotatable bonds is 4. The van der Waals surface area contributed by atoms with E-state index in [4.69, 9.17) is 0 Å². The smallest absolute Gasteiger partial charge is 0.325 e. The van der Waals surface area contributed by atoms with Gasteiger partial charge in [0.15, 0.2) is 0 Å². The van der Waals surface area contributed by atoms with E-state index in [1.807, 2.05) is 13.8 Å². The highest BCUT2D eigenvalue weighted by Gasteiger charge is 2.30. The minimum atomic E-state index is -4.41. The molecule has 1 aromatic carbocycles. The highest BCUT2D eigenvalue weighted by atomic mass is 19.4. The van der Waals surface area contributed by atoms with Gasteiger partial charge in [-0.2, -0.15) is 13.2 Å². The zero-order valence-electron chi connectivity index (χ0n) is 11.1. The van der Waals surface area contributed by atoms with Crippen molar-refractivity contribution in [2.45, 2.75) is 33.0 Å². The molecular formula is C13H17F3N2O. The second-order valence-corrected chi connectivity index (χ2v) is 4.61. The number of halogens is 3. The summed E-state index contributed by atoms with van der Waals surface area (Å²) in [6.45, 7) is 5.46. The molecule has 0 unspecified atom stereocenters. The van der Waals surface area contributed by atoms with E-state index in [2.05, 4.69) is 10.6 Å². The van der Waals surface area contributed by atoms with E-state index in [1.165, 1.54) is 6.07 Å². The number of benzene rings is 1. The zero-order chi connectivity index (χ0) is 14.6. The van der Waals surface area contributed by atoms with Gasteiger partial charge in [-0.1, -0.05) is 19.9 Å². The minimum absolute atomic E-state index is 0.0628. The van der Waals surface area contributed by atoms with Crippen LogP contribution in [0.5, 0.6) is 0 Å². The van der Waals surface area contributed by atoms with Crippen LogP contribution < -0.4 is 10.6 Å². The average molecular weight is 274 g/mol. The minimum Gasteiger partial charge on any atom is -0.325 e. The van der Waals surface area contributed by atoms with Crippen molar-refractivity contribution in [1.29, 1.82) is 0 Å². The number of amides is 1. The van der Waals surface area contributed by atoms with Crippen LogP contribution in [0.15, 0.2) is 18.2 Å². The Morgan fingerprint density at radius 3 is 2.47 bits per heavy atom. The van der Waals surface area contributed by atoms with Crippen molar-refractivity contribution in [2.24, 2.45) is 0 Å². The van der Waals surface area contributed by atoms with Gasteiger partial charge in [-0.05, 0) is 24.6 Å². The highest BCUT2D eigenvalue weighted by Crippen LogP contribution is 2.31. The lowest BCUT2D eigenvalue weighted by Crippen LogP contribution is -2.32. The molecule has 0 spiro atoms. The number of nitrogens with one attached hydrogen (secondary N) is 2. The maximum atomic E-state index is 12.6. The van der Waals surface area contributed by atoms with Crippen LogP contribution in [0, 0.1) is 6.92 Å². The van der Waals surface area contributed by atoms with Crippen molar-refractivity contribution in [3.63, 3.8) is 0 Å². The predicted molar refractivity (Wildman–Crippen MR) is 67.9 cm³/mol. The number of carbonyl (C=O) groups excluding carboxylic acids is 1. The molecule has 0 aliphatic heterocycles. The number of hydrogen-bond donors (Lipinski definition) is 2. The fourth-order valence-electron chi connectivity index (χ4n) is 1.42. The Morgan fingerprint density at radius 2 is 1.95 bits per heavy atom. The summed E-state index contributed by atoms with van der Waals surface area (Å²) in [6.07, 6.45) is -4.41. The van der Waals surface area contributed by atoms with Crippen molar-refractivity contribution in [2.75, 3.05) is 11.9 Å². The third-order valence-corrected chi connectivity index (χ3v) is 2.51. The van der Waals surface area contributed by atoms with Crippen molar-refractivity contribution in [3.05, 3.63) is 29.3 Å². The largest absolute Gasteiger partial charge is 0.416 e. The Labute approximate surface area is 110 Å². The van der Waals surface area contributed by atoms with Crippen LogP contribution in [-0.4, -0.2) is 18.5 Å². The van der Waals surface area contributed by atoms with Gasteiger partial charge in [-0.3, -0.25) is 4.79 Å². The molecule has 1 rings (SSSR count). The highest BCUT2D eigenvalue weighted by molar-refractivity contribution is 5.93. The predicted octanol–water partition coefficient (Wildman–Crippen LogP) is 2.95. The summed E-state index contributed by atoms with van der Waals surface area (Å²) in [4.78, 5) is 11.6. The summed E-state index contributed by atoms with van der Waals surface area (Å²) in [5.41, 5.74) is 0.00139. The van der Waals surface area contributed by atoms with Crippen molar-refractivity contribution in [1.82, 2.24) is 5.32 Å². The Morgan fingerprint density at radius 1 is 1.32 bits per heavy atom. The van der Waals surface area contributed by atoms with Crippen LogP contribution in [0.25, 0.3) is 0 Å². The van der Waals surface area contributed by atoms with E-state index in [0.29, 0.717) is 5.56 Å². The van der Waals surface area contributed by atoms with E-state index in [9.17, 15) is 18.0 Å². The Hall–Kier alpha value is -1.56. The second-order valence-electron chi connectivity index (χ2n) is 4.61. The maximum absolute atomic E-state index is 12.6. The molecule has 3 nitrogen and oxygen atoms in total. The summed E-state index contributed by atoms with van der Waals surface area (Å²) < 4.78 is 37.7. The fraction of sp³-hybridized carbons (Fsp3) is 0.462. The summed E-state index contributed by atoms with van der Waals surface area (Å²) in [5, 5.41) is 5.37. The number of carbonyl (C=O) groups is 1. The van der Waals surface area contributed by atoms with Crippen LogP contribution in [0.1, 0.15) is 25.0 Å². The quantitative estimate of drug-likeness (QED) is 0.886. The summed E-state index contributed by atoms with van der Waals surface area (Å²) in [7, 11) is 0. The molecule has 0 radical (unpaired) electrons. The number of alkyl halides is 3. The van der Waals surface area contributed by atoms with Crippen LogP contribution in [0.3, 0.4) is 0 Å². The third-order valence-electron chi connectivity index (χ3n) is 2.51. The lowest BCUT2D eigenvalue weighted by atomic mass is 10.1. The molecule has 0 aliphatic rings. The molecule has 0 atom stereocenters. The van der Waals surface area contributed by atoms with Crippen molar-refractivity contribution >= 4 is 11.6 Å². The molecule has 19 heavy (non-hydrogen) atoms. The molecule has 0 aromatic heterocycles. The van der Waals surface area contributed by atoms with E-state index < -0.39 is 11.7 Å². The second kappa shape index (κ2) is 6.06. The van der Waals surface area contributed by atoms with Gasteiger partial charge < -0.3 is 10.6 Å². The molecule has 0 saturated carbocycles. The molecule has 2 N–H and O–H groups in total. The van der Waals surface area contributed by atoms with Crippen LogP contribution in [-0.2, 0) is 11.0 Å². The average Bonchev–Trinajstić information content (AvgIpc) is 2.28. The number of hydrogen-bond acceptors (Lipinski definition) is 2. The molecule has 6 heteroatoms. The molecule has 1 amide bonds. The van der Waals surface area contributed by atoms with Gasteiger partial charge in [0, 0.05) is 11.7 Å². The Balaban J connectivity index is 2.80. The summed E-state index contributed by atoms with van der Waals surface area (Å²) in [5.74, 6) is -0.365. The van der Waals surface area contributed by atoms with E-state index in [1.54, 1.807) is 6.92 Å². The van der Waals surface area contributed by atoms with E-state index >= 15 is 0 Å². The summed E-state index contributed by atoms with van der Waals surface area (Å²) >= 11 is 0. The monoisotopic (exact) mass is 274 g/mol. The van der Waals surface area contributed by atoms with Gasteiger partial charge in [0.2, 0.25) is 5.91 Å². The molecule has 0 saturated heterocycles. The molecule has 0 heterocycles. The van der Waals surface area contributed by atoms with Crippen LogP contribution >= 0.6 is 0 Å². The molecule has 1 aromatic rings. The topological polar surface area (TPSA) is 41.1 Å². The van der Waals surface area contributed by atoms with Gasteiger partial charge in [0.1, 0.15) is 0 Å². The van der Waals surface area contributed by atoms with Crippen LogP contribution in [0.4, 0.5) is 18.9 Å². The fourth-order valence-corrected chi connectivity index (χ4v) is 1.42. The molecular weight excluding hydrogens is 257 g/mol. The number of anilines is 1. The zero-order valence-corrected chi connectivity index (χ0v) is 11.1. The first-order chi connectivity index (χ1) is 8.70. The normalized spacial score (nSPS) is 11.7. The first-order valence-corrected chi connectivity index (χ1v) is 5.91. The number of aryl methyl sites for hydroxylation is 1. The van der Waals surface area contributed by atoms with Crippen molar-refractivity contribution < 1.29 is 18.0 Å². The van der Waals surface area contributed by atoms with E-state index in [0.717, 1.165) is 12.1 Å². The third kappa shape index (κ3) is 4.90. The standard InChI is InChI=1S/C13H17F3N2O/c1-8(2)17-7-12(19)18-11-6-10(13(14,15)16)5-4-9(11)3/h4-6,8,17H,7H2,1-3H3,(H,18,19). The van der Waals surface area contributed by atoms with Crippen molar-refractivity contribution in [3.8, 4) is 0 Å². The lowest BCUT2D eigenvalue weighted by Gasteiger charge is -2.13. The van der Waals surface area contributed by atoms with Gasteiger partial charge >= 0.3 is 6.18 Å². The molecule has 0 aliphatic carbocycles. The molecule has 0 fully saturated rings. The molecule has 0 bridgehead atoms. The van der Waals surface area contributed by atoms with Gasteiger partial charge in [0.25, 0.3) is 0 Å². The van der Waals surface area contributed by atoms with Crippen LogP contribution in [0.2, 0.25) is 0 Å². The van der Waals surface area contributed by atoms with Gasteiger partial charge in [-0.15, -0.1) is 0 Å². The SMILES string of the molecule is Cc1ccc(C(F)(F)F)cc1NC(=O)CNC(C)C. The van der Waals surface area contributed by atoms with Gasteiger partial charge in [0.05, 0.1) is 12.1 Å².